The van der Waals surface area contributed by atoms with Crippen LogP contribution < -0.4 is 20.5 Å². The minimum Gasteiger partial charge on any atom is -0.493 e. The number of nitrogens with one attached hydrogen (secondary N) is 1. The molecule has 0 aliphatic rings. The summed E-state index contributed by atoms with van der Waals surface area (Å²) in [6.45, 7) is -0.162. The van der Waals surface area contributed by atoms with Crippen LogP contribution in [0.4, 0.5) is 5.69 Å². The standard InChI is InChI=1S/C25H23N3O4/c1-31-22-12-11-19(14-23(22)32-16-24(26)29)27-25(30)15-28-20-10-6-5-9-18(20)13-21(28)17-7-3-2-4-8-17/h2-14H,15-16H2,1H3,(H2,26,29)(H,27,30). The van der Waals surface area contributed by atoms with Crippen molar-refractivity contribution in [2.24, 2.45) is 5.73 Å². The minimum absolute atomic E-state index is 0.126. The van der Waals surface area contributed by atoms with Crippen molar-refractivity contribution in [3.05, 3.63) is 78.9 Å². The first-order chi connectivity index (χ1) is 15.5. The van der Waals surface area contributed by atoms with Crippen LogP contribution in [0.2, 0.25) is 0 Å². The summed E-state index contributed by atoms with van der Waals surface area (Å²) < 4.78 is 12.6. The molecule has 4 aromatic rings. The second-order valence-corrected chi connectivity index (χ2v) is 7.21. The molecule has 0 radical (unpaired) electrons. The van der Waals surface area contributed by atoms with Crippen molar-refractivity contribution in [1.82, 2.24) is 4.57 Å². The van der Waals surface area contributed by atoms with E-state index in [2.05, 4.69) is 11.4 Å². The zero-order valence-corrected chi connectivity index (χ0v) is 17.6. The molecule has 3 N–H and O–H groups in total. The molecule has 0 saturated carbocycles. The second-order valence-electron chi connectivity index (χ2n) is 7.21. The van der Waals surface area contributed by atoms with Gasteiger partial charge in [-0.1, -0.05) is 48.5 Å². The van der Waals surface area contributed by atoms with Crippen LogP contribution in [0.25, 0.3) is 22.2 Å². The average Bonchev–Trinajstić information content (AvgIpc) is 3.16. The van der Waals surface area contributed by atoms with Gasteiger partial charge in [-0.25, -0.2) is 0 Å². The number of ether oxygens (including phenoxy) is 2. The Morgan fingerprint density at radius 2 is 1.69 bits per heavy atom. The summed E-state index contributed by atoms with van der Waals surface area (Å²) in [5.74, 6) is -0.0449. The lowest BCUT2D eigenvalue weighted by molar-refractivity contribution is -0.120. The lowest BCUT2D eigenvalue weighted by Crippen LogP contribution is -2.21. The van der Waals surface area contributed by atoms with E-state index in [9.17, 15) is 9.59 Å². The number of nitrogens with zero attached hydrogens (tertiary/aromatic N) is 1. The number of anilines is 1. The van der Waals surface area contributed by atoms with E-state index in [1.54, 1.807) is 18.2 Å². The Morgan fingerprint density at radius 3 is 2.44 bits per heavy atom. The van der Waals surface area contributed by atoms with Crippen LogP contribution >= 0.6 is 0 Å². The number of aromatic nitrogens is 1. The SMILES string of the molecule is COc1ccc(NC(=O)Cn2c(-c3ccccc3)cc3ccccc32)cc1OCC(N)=O. The first kappa shape index (κ1) is 21.0. The van der Waals surface area contributed by atoms with Gasteiger partial charge < -0.3 is 25.1 Å². The number of benzene rings is 3. The number of nitrogens with two attached hydrogens (primary N) is 1. The Morgan fingerprint density at radius 1 is 0.938 bits per heavy atom. The Kier molecular flexibility index (Phi) is 6.07. The highest BCUT2D eigenvalue weighted by Gasteiger charge is 2.15. The summed E-state index contributed by atoms with van der Waals surface area (Å²) in [6.07, 6.45) is 0. The fraction of sp³-hybridized carbons (Fsp3) is 0.120. The van der Waals surface area contributed by atoms with E-state index in [1.807, 2.05) is 59.2 Å². The number of amides is 2. The van der Waals surface area contributed by atoms with E-state index in [0.717, 1.165) is 22.2 Å². The number of hydrogen-bond acceptors (Lipinski definition) is 4. The molecule has 1 aromatic heterocycles. The fourth-order valence-corrected chi connectivity index (χ4v) is 3.59. The van der Waals surface area contributed by atoms with Crippen LogP contribution in [0.1, 0.15) is 0 Å². The van der Waals surface area contributed by atoms with Gasteiger partial charge in [0.15, 0.2) is 18.1 Å². The maximum absolute atomic E-state index is 13.0. The predicted molar refractivity (Wildman–Crippen MR) is 124 cm³/mol. The zero-order chi connectivity index (χ0) is 22.5. The van der Waals surface area contributed by atoms with E-state index in [1.165, 1.54) is 7.11 Å². The number of primary amides is 1. The largest absolute Gasteiger partial charge is 0.493 e. The molecule has 2 amide bonds. The van der Waals surface area contributed by atoms with Crippen LogP contribution in [-0.2, 0) is 16.1 Å². The highest BCUT2D eigenvalue weighted by Crippen LogP contribution is 2.31. The molecule has 0 fully saturated rings. The van der Waals surface area contributed by atoms with Crippen molar-refractivity contribution in [2.45, 2.75) is 6.54 Å². The quantitative estimate of drug-likeness (QED) is 0.445. The highest BCUT2D eigenvalue weighted by molar-refractivity contribution is 5.94. The van der Waals surface area contributed by atoms with Gasteiger partial charge in [-0.2, -0.15) is 0 Å². The maximum atomic E-state index is 13.0. The number of rotatable bonds is 8. The number of carbonyl (C=O) groups is 2. The lowest BCUT2D eigenvalue weighted by Gasteiger charge is -2.14. The van der Waals surface area contributed by atoms with Crippen LogP contribution in [0, 0.1) is 0 Å². The monoisotopic (exact) mass is 429 g/mol. The van der Waals surface area contributed by atoms with Gasteiger partial charge in [0, 0.05) is 28.4 Å². The van der Waals surface area contributed by atoms with E-state index in [4.69, 9.17) is 15.2 Å². The van der Waals surface area contributed by atoms with Gasteiger partial charge in [-0.3, -0.25) is 9.59 Å². The molecule has 7 nitrogen and oxygen atoms in total. The molecule has 0 saturated heterocycles. The van der Waals surface area contributed by atoms with Crippen molar-refractivity contribution in [1.29, 1.82) is 0 Å². The average molecular weight is 429 g/mol. The van der Waals surface area contributed by atoms with Crippen molar-refractivity contribution in [3.8, 4) is 22.8 Å². The number of methoxy groups -OCH3 is 1. The third kappa shape index (κ3) is 4.57. The normalized spacial score (nSPS) is 10.7. The molecular weight excluding hydrogens is 406 g/mol. The van der Waals surface area contributed by atoms with E-state index in [0.29, 0.717) is 17.2 Å². The number of carbonyl (C=O) groups excluding carboxylic acids is 2. The summed E-state index contributed by atoms with van der Waals surface area (Å²) in [5, 5.41) is 3.95. The maximum Gasteiger partial charge on any atom is 0.255 e. The summed E-state index contributed by atoms with van der Waals surface area (Å²) in [6, 6.07) is 25.0. The van der Waals surface area contributed by atoms with E-state index >= 15 is 0 Å². The molecule has 0 aliphatic carbocycles. The van der Waals surface area contributed by atoms with Crippen molar-refractivity contribution >= 4 is 28.4 Å². The van der Waals surface area contributed by atoms with E-state index in [-0.39, 0.29) is 19.1 Å². The third-order valence-electron chi connectivity index (χ3n) is 5.00. The van der Waals surface area contributed by atoms with Gasteiger partial charge in [-0.05, 0) is 29.8 Å². The Bertz CT molecular complexity index is 1260. The minimum atomic E-state index is -0.602. The molecule has 0 unspecified atom stereocenters. The number of para-hydroxylation sites is 1. The zero-order valence-electron chi connectivity index (χ0n) is 17.6. The number of fused-ring (bicyclic) bond motifs is 1. The Balaban J connectivity index is 1.60. The number of hydrogen-bond donors (Lipinski definition) is 2. The third-order valence-corrected chi connectivity index (χ3v) is 5.00. The molecular formula is C25H23N3O4. The topological polar surface area (TPSA) is 95.6 Å². The van der Waals surface area contributed by atoms with Crippen molar-refractivity contribution in [2.75, 3.05) is 19.0 Å². The molecule has 0 aliphatic heterocycles. The van der Waals surface area contributed by atoms with E-state index < -0.39 is 5.91 Å². The van der Waals surface area contributed by atoms with Gasteiger partial charge in [0.1, 0.15) is 6.54 Å². The van der Waals surface area contributed by atoms with Gasteiger partial charge in [-0.15, -0.1) is 0 Å². The lowest BCUT2D eigenvalue weighted by atomic mass is 10.1. The van der Waals surface area contributed by atoms with Crippen LogP contribution in [0.5, 0.6) is 11.5 Å². The van der Waals surface area contributed by atoms with Crippen LogP contribution in [-0.4, -0.2) is 30.1 Å². The summed E-state index contributed by atoms with van der Waals surface area (Å²) in [4.78, 5) is 24.0. The van der Waals surface area contributed by atoms with Gasteiger partial charge >= 0.3 is 0 Å². The van der Waals surface area contributed by atoms with Gasteiger partial charge in [0.25, 0.3) is 5.91 Å². The summed E-state index contributed by atoms with van der Waals surface area (Å²) >= 11 is 0. The summed E-state index contributed by atoms with van der Waals surface area (Å²) in [7, 11) is 1.49. The molecule has 1 heterocycles. The molecule has 7 heteroatoms. The summed E-state index contributed by atoms with van der Waals surface area (Å²) in [5.41, 5.74) is 8.64. The predicted octanol–water partition coefficient (Wildman–Crippen LogP) is 3.82. The Labute approximate surface area is 185 Å². The van der Waals surface area contributed by atoms with Gasteiger partial charge in [0.2, 0.25) is 5.91 Å². The second kappa shape index (κ2) is 9.26. The van der Waals surface area contributed by atoms with Crippen LogP contribution in [0.15, 0.2) is 78.9 Å². The molecule has 4 rings (SSSR count). The van der Waals surface area contributed by atoms with Gasteiger partial charge in [0.05, 0.1) is 7.11 Å². The highest BCUT2D eigenvalue weighted by atomic mass is 16.5. The van der Waals surface area contributed by atoms with Crippen molar-refractivity contribution < 1.29 is 19.1 Å². The molecule has 162 valence electrons. The molecule has 0 spiro atoms. The fourth-order valence-electron chi connectivity index (χ4n) is 3.59. The van der Waals surface area contributed by atoms with Crippen molar-refractivity contribution in [3.63, 3.8) is 0 Å². The smallest absolute Gasteiger partial charge is 0.255 e. The molecule has 3 aromatic carbocycles. The molecule has 32 heavy (non-hydrogen) atoms. The Hall–Kier alpha value is -4.26. The molecule has 0 bridgehead atoms. The van der Waals surface area contributed by atoms with Crippen LogP contribution in [0.3, 0.4) is 0 Å². The first-order valence-corrected chi connectivity index (χ1v) is 10.1. The first-order valence-electron chi connectivity index (χ1n) is 10.1. The molecule has 0 atom stereocenters.